The number of aromatic nitrogens is 9. The molecule has 6 aromatic rings. The molecule has 0 unspecified atom stereocenters. The molecule has 2 aromatic carbocycles. The number of fused-ring (bicyclic) bond motifs is 1. The van der Waals surface area contributed by atoms with Crippen molar-refractivity contribution < 1.29 is 52.5 Å². The summed E-state index contributed by atoms with van der Waals surface area (Å²) in [6.45, 7) is 7.09. The lowest BCUT2D eigenvalue weighted by Gasteiger charge is -2.32. The molecule has 2 saturated carbocycles. The quantitative estimate of drug-likeness (QED) is 0.111. The van der Waals surface area contributed by atoms with E-state index in [0.717, 1.165) is 37.8 Å². The monoisotopic (exact) mass is 991 g/mol. The van der Waals surface area contributed by atoms with E-state index < -0.39 is 83.7 Å². The maximum absolute atomic E-state index is 13.7. The number of benzene rings is 2. The van der Waals surface area contributed by atoms with Crippen LogP contribution < -0.4 is 14.9 Å². The van der Waals surface area contributed by atoms with Crippen molar-refractivity contribution in [2.75, 3.05) is 0 Å². The molecule has 1 saturated heterocycles. The molecule has 3 fully saturated rings. The van der Waals surface area contributed by atoms with E-state index in [1.54, 1.807) is 75.7 Å². The lowest BCUT2D eigenvalue weighted by molar-refractivity contribution is -0.138. The summed E-state index contributed by atoms with van der Waals surface area (Å²) in [4.78, 5) is -0.927. The molecule has 0 bridgehead atoms. The van der Waals surface area contributed by atoms with Gasteiger partial charge in [-0.3, -0.25) is 4.40 Å². The van der Waals surface area contributed by atoms with E-state index in [9.17, 15) is 43.2 Å². The molecule has 1 aliphatic heterocycles. The van der Waals surface area contributed by atoms with Gasteiger partial charge in [-0.2, -0.15) is 26.3 Å². The minimum absolute atomic E-state index is 0.000129. The molecule has 2 N–H and O–H groups in total. The number of pyridine rings is 1. The number of nitrogens with one attached hydrogen (secondary N) is 2. The van der Waals surface area contributed by atoms with Gasteiger partial charge in [-0.25, -0.2) is 26.3 Å². The molecule has 0 spiro atoms. The van der Waals surface area contributed by atoms with Gasteiger partial charge in [-0.05, 0) is 133 Å². The largest absolute Gasteiger partial charge is 0.494 e. The van der Waals surface area contributed by atoms with Crippen LogP contribution in [0.15, 0.2) is 96.2 Å². The van der Waals surface area contributed by atoms with Crippen LogP contribution in [-0.4, -0.2) is 91.4 Å². The molecule has 0 radical (unpaired) electrons. The molecule has 5 heterocycles. The number of sulfonamides is 2. The molecular formula is C42H48BF6N11O6S2. The van der Waals surface area contributed by atoms with Gasteiger partial charge in [0.25, 0.3) is 0 Å². The summed E-state index contributed by atoms with van der Waals surface area (Å²) in [7, 11) is -9.62. The Morgan fingerprint density at radius 2 is 1.13 bits per heavy atom. The summed E-state index contributed by atoms with van der Waals surface area (Å²) in [6, 6.07) is 7.92. The normalized spacial score (nSPS) is 22.2. The number of alkyl halides is 6. The minimum atomic E-state index is -4.74. The van der Waals surface area contributed by atoms with Gasteiger partial charge >= 0.3 is 19.5 Å². The Balaban J connectivity index is 0.000000184. The number of hydrogen-bond acceptors (Lipinski definition) is 12. The zero-order chi connectivity index (χ0) is 48.9. The van der Waals surface area contributed by atoms with Gasteiger partial charge in [-0.1, -0.05) is 6.07 Å². The van der Waals surface area contributed by atoms with E-state index in [1.165, 1.54) is 18.5 Å². The van der Waals surface area contributed by atoms with Crippen LogP contribution in [-0.2, 0) is 41.7 Å². The van der Waals surface area contributed by atoms with Crippen LogP contribution in [0.3, 0.4) is 0 Å². The van der Waals surface area contributed by atoms with E-state index in [4.69, 9.17) is 9.31 Å². The molecular weight excluding hydrogens is 943 g/mol. The van der Waals surface area contributed by atoms with E-state index in [1.807, 2.05) is 9.13 Å². The van der Waals surface area contributed by atoms with Gasteiger partial charge in [0, 0.05) is 35.9 Å². The second-order valence-corrected chi connectivity index (χ2v) is 21.6. The van der Waals surface area contributed by atoms with Crippen molar-refractivity contribution >= 4 is 38.3 Å². The van der Waals surface area contributed by atoms with Crippen LogP contribution in [0.2, 0.25) is 0 Å². The van der Waals surface area contributed by atoms with Crippen LogP contribution >= 0.6 is 0 Å². The second kappa shape index (κ2) is 18.6. The summed E-state index contributed by atoms with van der Waals surface area (Å²) in [5.74, 6) is 0. The first-order valence-electron chi connectivity index (χ1n) is 21.7. The van der Waals surface area contributed by atoms with Crippen molar-refractivity contribution in [3.63, 3.8) is 0 Å². The van der Waals surface area contributed by atoms with Crippen molar-refractivity contribution in [3.05, 3.63) is 97.5 Å². The average Bonchev–Trinajstić information content (AvgIpc) is 4.12. The molecule has 17 nitrogen and oxygen atoms in total. The standard InChI is InChI=1S/C21H28BF3N4O4S.C21H20F3N7O2S/c1-19(2)20(3,4)33-22(32-19)15-8-14(21(23,24)25)9-18(10-15)34(30,31)28-16-6-5-7-17(11-16)29-12-26-27-13-29;22-21(23,24)15-7-14(19-5-2-6-30-13-27-28-20(19)30)8-18(9-15)34(32,33)29-16-3-1-4-17(10-16)31-11-25-26-12-31/h8-10,12-13,16-17,28H,5-7,11H2,1-4H3;2,5-9,11-13,16-17,29H,1,3-4,10H2/t2*16-,17+/m00/s1. The Morgan fingerprint density at radius 3 is 1.63 bits per heavy atom. The highest BCUT2D eigenvalue weighted by Crippen LogP contribution is 2.39. The fraction of sp³-hybridized carbons (Fsp3) is 0.476. The number of rotatable bonds is 10. The van der Waals surface area contributed by atoms with Crippen LogP contribution in [0, 0.1) is 0 Å². The van der Waals surface area contributed by atoms with Gasteiger partial charge in [0.1, 0.15) is 31.6 Å². The third kappa shape index (κ3) is 10.8. The molecule has 2 aliphatic carbocycles. The third-order valence-electron chi connectivity index (χ3n) is 12.9. The first-order valence-corrected chi connectivity index (χ1v) is 24.7. The Bertz CT molecular complexity index is 2940. The van der Waals surface area contributed by atoms with E-state index in [-0.39, 0.29) is 23.1 Å². The fourth-order valence-corrected chi connectivity index (χ4v) is 11.4. The predicted molar refractivity (Wildman–Crippen MR) is 234 cm³/mol. The van der Waals surface area contributed by atoms with E-state index >= 15 is 0 Å². The molecule has 68 heavy (non-hydrogen) atoms. The van der Waals surface area contributed by atoms with Crippen molar-refractivity contribution in [3.8, 4) is 11.1 Å². The maximum atomic E-state index is 13.7. The highest BCUT2D eigenvalue weighted by Gasteiger charge is 2.52. The Labute approximate surface area is 388 Å². The SMILES string of the molecule is CC1(C)OB(c2cc(C(F)(F)F)cc(S(=O)(=O)N[C@H]3CCC[C@@H](n4cnnc4)C3)c2)OC1(C)C.O=S(=O)(N[C@H]1CCC[C@@H](n2cnnc2)C1)c1cc(-c2cccn3cnnc23)cc(C(F)(F)F)c1. The summed E-state index contributed by atoms with van der Waals surface area (Å²) < 4.78 is 157. The first-order chi connectivity index (χ1) is 31.9. The molecule has 26 heteroatoms. The van der Waals surface area contributed by atoms with E-state index in [2.05, 4.69) is 40.0 Å². The maximum Gasteiger partial charge on any atom is 0.494 e. The highest BCUT2D eigenvalue weighted by atomic mass is 32.2. The zero-order valence-electron chi connectivity index (χ0n) is 37.2. The summed E-state index contributed by atoms with van der Waals surface area (Å²) in [5, 5.41) is 22.9. The van der Waals surface area contributed by atoms with Crippen LogP contribution in [0.25, 0.3) is 16.8 Å². The third-order valence-corrected chi connectivity index (χ3v) is 15.9. The molecule has 0 amide bonds. The van der Waals surface area contributed by atoms with Gasteiger partial charge in [0.2, 0.25) is 20.0 Å². The summed E-state index contributed by atoms with van der Waals surface area (Å²) in [5.41, 5.74) is -2.97. The van der Waals surface area contributed by atoms with Gasteiger partial charge in [0.15, 0.2) is 5.65 Å². The van der Waals surface area contributed by atoms with E-state index in [0.29, 0.717) is 49.0 Å². The Morgan fingerprint density at radius 1 is 0.647 bits per heavy atom. The van der Waals surface area contributed by atoms with Gasteiger partial charge in [0.05, 0.1) is 32.1 Å². The first kappa shape index (κ1) is 49.2. The number of halogens is 6. The summed E-state index contributed by atoms with van der Waals surface area (Å²) >= 11 is 0. The van der Waals surface area contributed by atoms with Crippen molar-refractivity contribution in [2.45, 2.75) is 137 Å². The number of hydrogen-bond donors (Lipinski definition) is 2. The molecule has 4 atom stereocenters. The second-order valence-electron chi connectivity index (χ2n) is 18.2. The highest BCUT2D eigenvalue weighted by molar-refractivity contribution is 7.89. The number of nitrogens with zero attached hydrogens (tertiary/aromatic N) is 9. The van der Waals surface area contributed by atoms with Crippen LogP contribution in [0.4, 0.5) is 26.3 Å². The Hall–Kier alpha value is -5.28. The molecule has 4 aromatic heterocycles. The minimum Gasteiger partial charge on any atom is -0.399 e. The van der Waals surface area contributed by atoms with Crippen LogP contribution in [0.5, 0.6) is 0 Å². The molecule has 364 valence electrons. The zero-order valence-corrected chi connectivity index (χ0v) is 38.8. The van der Waals surface area contributed by atoms with Gasteiger partial charge < -0.3 is 18.4 Å². The van der Waals surface area contributed by atoms with Crippen LogP contribution in [0.1, 0.15) is 102 Å². The smallest absolute Gasteiger partial charge is 0.399 e. The lowest BCUT2D eigenvalue weighted by Crippen LogP contribution is -2.41. The average molecular weight is 992 g/mol. The van der Waals surface area contributed by atoms with Crippen molar-refractivity contribution in [1.29, 1.82) is 0 Å². The van der Waals surface area contributed by atoms with Crippen molar-refractivity contribution in [1.82, 2.24) is 53.6 Å². The Kier molecular flexibility index (Phi) is 13.4. The summed E-state index contributed by atoms with van der Waals surface area (Å²) in [6.07, 6.45) is 5.24. The van der Waals surface area contributed by atoms with Crippen molar-refractivity contribution in [2.24, 2.45) is 0 Å². The fourth-order valence-electron chi connectivity index (χ4n) is 8.66. The predicted octanol–water partition coefficient (Wildman–Crippen LogP) is 6.53. The van der Waals surface area contributed by atoms with Gasteiger partial charge in [-0.15, -0.1) is 30.6 Å². The topological polar surface area (TPSA) is 202 Å². The lowest BCUT2D eigenvalue weighted by atomic mass is 9.78. The molecule has 9 rings (SSSR count). The molecule has 3 aliphatic rings.